The molecule has 0 aromatic heterocycles. The molecule has 3 rings (SSSR count). The highest BCUT2D eigenvalue weighted by atomic mass is 32.2. The Morgan fingerprint density at radius 3 is 2.56 bits per heavy atom. The van der Waals surface area contributed by atoms with Crippen molar-refractivity contribution in [3.05, 3.63) is 54.1 Å². The Bertz CT molecular complexity index is 921. The van der Waals surface area contributed by atoms with E-state index in [1.165, 1.54) is 0 Å². The van der Waals surface area contributed by atoms with Crippen molar-refractivity contribution >= 4 is 40.7 Å². The zero-order chi connectivity index (χ0) is 23.1. The summed E-state index contributed by atoms with van der Waals surface area (Å²) in [5, 5.41) is 3.09. The van der Waals surface area contributed by atoms with Crippen molar-refractivity contribution in [3.8, 4) is 5.75 Å². The number of thiocarbonyl (C=S) groups is 1. The second-order valence-electron chi connectivity index (χ2n) is 7.83. The predicted molar refractivity (Wildman–Crippen MR) is 135 cm³/mol. The summed E-state index contributed by atoms with van der Waals surface area (Å²) in [7, 11) is 5.64. The number of amides is 1. The first-order valence-corrected chi connectivity index (χ1v) is 12.0. The first kappa shape index (κ1) is 24.4. The average molecular weight is 474 g/mol. The molecule has 1 N–H and O–H groups in total. The molecule has 0 radical (unpaired) electrons. The summed E-state index contributed by atoms with van der Waals surface area (Å²) < 4.78 is 11.5. The van der Waals surface area contributed by atoms with Gasteiger partial charge in [0, 0.05) is 24.5 Å². The van der Waals surface area contributed by atoms with Crippen LogP contribution in [0.4, 0.5) is 5.69 Å². The Labute approximate surface area is 200 Å². The molecule has 1 heterocycles. The number of hydrogen-bond donors (Lipinski definition) is 1. The number of thioether (sulfide) groups is 1. The van der Waals surface area contributed by atoms with Crippen LogP contribution in [0.15, 0.2) is 53.4 Å². The second-order valence-corrected chi connectivity index (χ2v) is 9.38. The molecule has 2 atom stereocenters. The van der Waals surface area contributed by atoms with Crippen LogP contribution in [0.2, 0.25) is 0 Å². The van der Waals surface area contributed by atoms with E-state index in [4.69, 9.17) is 21.7 Å². The van der Waals surface area contributed by atoms with E-state index in [2.05, 4.69) is 23.2 Å². The zero-order valence-corrected chi connectivity index (χ0v) is 20.7. The van der Waals surface area contributed by atoms with Crippen molar-refractivity contribution < 1.29 is 14.3 Å². The van der Waals surface area contributed by atoms with Gasteiger partial charge in [0.25, 0.3) is 11.1 Å². The number of rotatable bonds is 8. The molecule has 0 bridgehead atoms. The Balaban J connectivity index is 2.02. The fraction of sp³-hybridized carbons (Fsp3) is 0.417. The number of methoxy groups -OCH3 is 1. The highest BCUT2D eigenvalue weighted by molar-refractivity contribution is 7.99. The summed E-state index contributed by atoms with van der Waals surface area (Å²) in [6.07, 6.45) is 0.152. The summed E-state index contributed by atoms with van der Waals surface area (Å²) in [4.78, 5) is 18.8. The van der Waals surface area contributed by atoms with Gasteiger partial charge in [0.15, 0.2) is 6.10 Å². The molecule has 32 heavy (non-hydrogen) atoms. The SMILES string of the molecule is CCCNC(=S)O[C@@H]1C(=O)N(CCN(C)C)c2ccccc2S[C@@H]1c1ccc(OC)cc1. The fourth-order valence-corrected chi connectivity index (χ4v) is 4.97. The first-order valence-electron chi connectivity index (χ1n) is 10.7. The molecule has 6 nitrogen and oxygen atoms in total. The van der Waals surface area contributed by atoms with Crippen molar-refractivity contribution in [1.82, 2.24) is 10.2 Å². The number of carbonyl (C=O) groups excluding carboxylic acids is 1. The smallest absolute Gasteiger partial charge is 0.269 e. The maximum absolute atomic E-state index is 13.9. The largest absolute Gasteiger partial charge is 0.497 e. The Kier molecular flexibility index (Phi) is 8.78. The second kappa shape index (κ2) is 11.5. The van der Waals surface area contributed by atoms with Crippen LogP contribution >= 0.6 is 24.0 Å². The van der Waals surface area contributed by atoms with Crippen LogP contribution < -0.4 is 15.0 Å². The minimum atomic E-state index is -0.764. The van der Waals surface area contributed by atoms with Gasteiger partial charge in [-0.2, -0.15) is 0 Å². The normalized spacial score (nSPS) is 18.2. The molecular weight excluding hydrogens is 442 g/mol. The summed E-state index contributed by atoms with van der Waals surface area (Å²) in [6, 6.07) is 15.8. The number of para-hydroxylation sites is 1. The predicted octanol–water partition coefficient (Wildman–Crippen LogP) is 4.11. The van der Waals surface area contributed by atoms with Crippen LogP contribution in [0.3, 0.4) is 0 Å². The first-order chi connectivity index (χ1) is 15.4. The highest BCUT2D eigenvalue weighted by Crippen LogP contribution is 2.46. The van der Waals surface area contributed by atoms with Gasteiger partial charge in [0.1, 0.15) is 5.75 Å². The summed E-state index contributed by atoms with van der Waals surface area (Å²) in [5.41, 5.74) is 1.89. The van der Waals surface area contributed by atoms with Crippen molar-refractivity contribution in [2.24, 2.45) is 0 Å². The number of ether oxygens (including phenoxy) is 2. The van der Waals surface area contributed by atoms with Gasteiger partial charge in [-0.15, -0.1) is 11.8 Å². The van der Waals surface area contributed by atoms with Gasteiger partial charge in [-0.25, -0.2) is 0 Å². The Morgan fingerprint density at radius 1 is 1.19 bits per heavy atom. The van der Waals surface area contributed by atoms with E-state index >= 15 is 0 Å². The number of hydrogen-bond acceptors (Lipinski definition) is 6. The molecule has 2 aromatic rings. The molecule has 0 aliphatic carbocycles. The number of nitrogens with one attached hydrogen (secondary N) is 1. The molecule has 0 unspecified atom stereocenters. The van der Waals surface area contributed by atoms with Gasteiger partial charge in [-0.1, -0.05) is 31.2 Å². The zero-order valence-electron chi connectivity index (χ0n) is 19.0. The number of benzene rings is 2. The van der Waals surface area contributed by atoms with Gasteiger partial charge in [0.2, 0.25) is 0 Å². The molecule has 1 aliphatic rings. The van der Waals surface area contributed by atoms with E-state index < -0.39 is 6.10 Å². The van der Waals surface area contributed by atoms with Crippen molar-refractivity contribution in [2.45, 2.75) is 29.6 Å². The van der Waals surface area contributed by atoms with E-state index in [-0.39, 0.29) is 16.3 Å². The standard InChI is InChI=1S/C24H31N3O3S2/c1-5-14-25-24(31)30-21-22(17-10-12-18(29-4)13-11-17)32-20-9-7-6-8-19(20)27(23(21)28)16-15-26(2)3/h6-13,21-22H,5,14-16H2,1-4H3,(H,25,31)/t21-,22+/m0/s1. The van der Waals surface area contributed by atoms with Gasteiger partial charge in [-0.05, 0) is 62.6 Å². The molecule has 0 spiro atoms. The van der Waals surface area contributed by atoms with Crippen LogP contribution in [0.25, 0.3) is 0 Å². The minimum Gasteiger partial charge on any atom is -0.497 e. The molecule has 0 fully saturated rings. The summed E-state index contributed by atoms with van der Waals surface area (Å²) in [5.74, 6) is 0.676. The van der Waals surface area contributed by atoms with Gasteiger partial charge in [0.05, 0.1) is 18.0 Å². The Hall–Kier alpha value is -2.29. The minimum absolute atomic E-state index is 0.0919. The monoisotopic (exact) mass is 473 g/mol. The van der Waals surface area contributed by atoms with Crippen molar-refractivity contribution in [3.63, 3.8) is 0 Å². The lowest BCUT2D eigenvalue weighted by Crippen LogP contribution is -2.46. The molecule has 172 valence electrons. The molecule has 8 heteroatoms. The third-order valence-corrected chi connectivity index (χ3v) is 6.78. The summed E-state index contributed by atoms with van der Waals surface area (Å²) in [6.45, 7) is 4.06. The lowest BCUT2D eigenvalue weighted by molar-refractivity contribution is -0.125. The molecule has 2 aromatic carbocycles. The van der Waals surface area contributed by atoms with E-state index in [9.17, 15) is 4.79 Å². The lowest BCUT2D eigenvalue weighted by Gasteiger charge is -2.29. The number of fused-ring (bicyclic) bond motifs is 1. The third-order valence-electron chi connectivity index (χ3n) is 5.16. The van der Waals surface area contributed by atoms with Crippen LogP contribution in [-0.4, -0.2) is 62.9 Å². The average Bonchev–Trinajstić information content (AvgIpc) is 2.91. The van der Waals surface area contributed by atoms with Crippen LogP contribution in [-0.2, 0) is 9.53 Å². The van der Waals surface area contributed by atoms with Crippen LogP contribution in [0.1, 0.15) is 24.2 Å². The van der Waals surface area contributed by atoms with Crippen LogP contribution in [0.5, 0.6) is 5.75 Å². The van der Waals surface area contributed by atoms with E-state index in [1.54, 1.807) is 18.9 Å². The van der Waals surface area contributed by atoms with Gasteiger partial charge < -0.3 is 24.6 Å². The number of likely N-dealkylation sites (N-methyl/N-ethyl adjacent to an activating group) is 1. The number of carbonyl (C=O) groups is 1. The van der Waals surface area contributed by atoms with Gasteiger partial charge in [-0.3, -0.25) is 4.79 Å². The third kappa shape index (κ3) is 5.94. The van der Waals surface area contributed by atoms with Gasteiger partial charge >= 0.3 is 0 Å². The number of anilines is 1. The maximum Gasteiger partial charge on any atom is 0.269 e. The lowest BCUT2D eigenvalue weighted by atomic mass is 10.1. The van der Waals surface area contributed by atoms with Crippen LogP contribution in [0, 0.1) is 0 Å². The topological polar surface area (TPSA) is 54.0 Å². The maximum atomic E-state index is 13.9. The van der Waals surface area contributed by atoms with Crippen molar-refractivity contribution in [2.75, 3.05) is 45.7 Å². The highest BCUT2D eigenvalue weighted by Gasteiger charge is 2.40. The quantitative estimate of drug-likeness (QED) is 0.579. The van der Waals surface area contributed by atoms with Crippen molar-refractivity contribution in [1.29, 1.82) is 0 Å². The fourth-order valence-electron chi connectivity index (χ4n) is 3.44. The Morgan fingerprint density at radius 2 is 1.91 bits per heavy atom. The molecule has 0 saturated heterocycles. The molecule has 1 aliphatic heterocycles. The summed E-state index contributed by atoms with van der Waals surface area (Å²) >= 11 is 7.06. The van der Waals surface area contributed by atoms with E-state index in [0.29, 0.717) is 13.1 Å². The molecule has 1 amide bonds. The molecule has 0 saturated carbocycles. The molecular formula is C24H31N3O3S2. The van der Waals surface area contributed by atoms with E-state index in [0.717, 1.165) is 34.9 Å². The number of nitrogens with zero attached hydrogens (tertiary/aromatic N) is 2. The van der Waals surface area contributed by atoms with E-state index in [1.807, 2.05) is 61.5 Å².